The van der Waals surface area contributed by atoms with Crippen molar-refractivity contribution >= 4 is 33.5 Å². The van der Waals surface area contributed by atoms with Gasteiger partial charge in [0.2, 0.25) is 0 Å². The van der Waals surface area contributed by atoms with Gasteiger partial charge in [-0.15, -0.1) is 0 Å². The van der Waals surface area contributed by atoms with Crippen molar-refractivity contribution in [1.29, 1.82) is 0 Å². The van der Waals surface area contributed by atoms with Crippen LogP contribution in [0.15, 0.2) is 36.8 Å². The van der Waals surface area contributed by atoms with Crippen LogP contribution in [0.2, 0.25) is 0 Å². The first kappa shape index (κ1) is 38.0. The summed E-state index contributed by atoms with van der Waals surface area (Å²) in [7, 11) is 1.72. The normalized spacial score (nSPS) is 20.9. The minimum atomic E-state index is -4.60. The number of halogens is 4. The third-order valence-corrected chi connectivity index (χ3v) is 13.2. The lowest BCUT2D eigenvalue weighted by Crippen LogP contribution is -2.62. The Morgan fingerprint density at radius 2 is 1.72 bits per heavy atom. The number of ether oxygens (including phenoxy) is 3. The molecule has 1 amide bonds. The third-order valence-electron chi connectivity index (χ3n) is 13.2. The van der Waals surface area contributed by atoms with E-state index >= 15 is 0 Å². The summed E-state index contributed by atoms with van der Waals surface area (Å²) in [5.41, 5.74) is 4.25. The Balaban J connectivity index is 1.11. The molecule has 2 aliphatic carbocycles. The van der Waals surface area contributed by atoms with Gasteiger partial charge in [0.1, 0.15) is 17.4 Å². The first-order valence-corrected chi connectivity index (χ1v) is 20.1. The second-order valence-corrected chi connectivity index (χ2v) is 17.2. The lowest BCUT2D eigenvalue weighted by Gasteiger charge is -2.54. The molecule has 15 heteroatoms. The summed E-state index contributed by atoms with van der Waals surface area (Å²) >= 11 is 0. The molecule has 2 saturated carbocycles. The molecule has 1 N–H and O–H groups in total. The molecule has 3 saturated heterocycles. The van der Waals surface area contributed by atoms with Crippen molar-refractivity contribution in [3.63, 3.8) is 0 Å². The summed E-state index contributed by atoms with van der Waals surface area (Å²) in [6.45, 7) is 9.36. The van der Waals surface area contributed by atoms with Crippen LogP contribution >= 0.6 is 0 Å². The van der Waals surface area contributed by atoms with E-state index in [1.54, 1.807) is 13.3 Å². The minimum Gasteiger partial charge on any atom is -0.481 e. The van der Waals surface area contributed by atoms with E-state index in [0.717, 1.165) is 98.6 Å². The number of anilines is 1. The molecule has 5 fully saturated rings. The van der Waals surface area contributed by atoms with Gasteiger partial charge in [0.25, 0.3) is 5.91 Å². The molecular weight excluding hydrogens is 742 g/mol. The van der Waals surface area contributed by atoms with Gasteiger partial charge in [-0.3, -0.25) is 9.89 Å². The molecule has 0 radical (unpaired) electrons. The Morgan fingerprint density at radius 3 is 2.39 bits per heavy atom. The van der Waals surface area contributed by atoms with Crippen LogP contribution in [0, 0.1) is 17.8 Å². The maximum Gasteiger partial charge on any atom is 0.422 e. The number of nitrogens with zero attached hydrogens (tertiary/aromatic N) is 6. The zero-order valence-corrected chi connectivity index (χ0v) is 32.5. The van der Waals surface area contributed by atoms with Gasteiger partial charge in [-0.1, -0.05) is 12.6 Å². The number of fused-ring (bicyclic) bond motifs is 2. The summed E-state index contributed by atoms with van der Waals surface area (Å²) in [6.07, 6.45) is 4.11. The van der Waals surface area contributed by atoms with Gasteiger partial charge < -0.3 is 28.9 Å². The van der Waals surface area contributed by atoms with Crippen LogP contribution < -0.4 is 14.4 Å². The van der Waals surface area contributed by atoms with Crippen LogP contribution in [0.25, 0.3) is 32.9 Å². The predicted molar refractivity (Wildman–Crippen MR) is 207 cm³/mol. The molecule has 2 aromatic carbocycles. The smallest absolute Gasteiger partial charge is 0.422 e. The number of aromatic nitrogens is 4. The number of aryl methyl sites for hydroxylation is 1. The number of alkyl halides is 3. The van der Waals surface area contributed by atoms with Crippen molar-refractivity contribution in [1.82, 2.24) is 30.0 Å². The Bertz CT molecular complexity index is 2190. The van der Waals surface area contributed by atoms with E-state index in [1.807, 2.05) is 19.1 Å². The number of nitrogens with one attached hydrogen (secondary N) is 1. The number of amides is 1. The molecule has 0 bridgehead atoms. The fourth-order valence-electron chi connectivity index (χ4n) is 9.85. The van der Waals surface area contributed by atoms with Crippen molar-refractivity contribution in [2.75, 3.05) is 71.0 Å². The first-order chi connectivity index (χ1) is 27.3. The van der Waals surface area contributed by atoms with Gasteiger partial charge in [-0.05, 0) is 112 Å². The summed E-state index contributed by atoms with van der Waals surface area (Å²) in [6, 6.07) is 6.06. The van der Waals surface area contributed by atoms with E-state index < -0.39 is 24.5 Å². The van der Waals surface area contributed by atoms with E-state index in [1.165, 1.54) is 4.90 Å². The van der Waals surface area contributed by atoms with Crippen molar-refractivity contribution in [3.05, 3.63) is 47.9 Å². The van der Waals surface area contributed by atoms with Gasteiger partial charge in [0, 0.05) is 61.6 Å². The Morgan fingerprint density at radius 1 is 1.00 bits per heavy atom. The number of benzene rings is 2. The zero-order valence-electron chi connectivity index (χ0n) is 32.5. The molecule has 4 aromatic rings. The number of carbonyl (C=O) groups excluding carboxylic acids is 1. The number of rotatable bonds is 11. The highest BCUT2D eigenvalue weighted by Gasteiger charge is 2.49. The summed E-state index contributed by atoms with van der Waals surface area (Å²) in [5.74, 6) is -0.835. The molecule has 5 aliphatic rings. The maximum atomic E-state index is 14.1. The van der Waals surface area contributed by atoms with Crippen LogP contribution in [-0.4, -0.2) is 114 Å². The van der Waals surface area contributed by atoms with Crippen LogP contribution in [0.1, 0.15) is 68.4 Å². The summed E-state index contributed by atoms with van der Waals surface area (Å²) < 4.78 is 73.9. The molecule has 5 heterocycles. The lowest BCUT2D eigenvalue weighted by molar-refractivity contribution is -0.153. The highest BCUT2D eigenvalue weighted by molar-refractivity contribution is 6.06. The fourth-order valence-corrected chi connectivity index (χ4v) is 9.85. The number of aromatic amines is 1. The number of likely N-dealkylation sites (tertiary alicyclic amines) is 2. The molecule has 304 valence electrons. The van der Waals surface area contributed by atoms with E-state index in [4.69, 9.17) is 24.2 Å². The van der Waals surface area contributed by atoms with Crippen LogP contribution in [-0.2, 0) is 9.53 Å². The van der Waals surface area contributed by atoms with E-state index in [9.17, 15) is 22.4 Å². The fraction of sp³-hybridized carbons (Fsp3) is 0.571. The van der Waals surface area contributed by atoms with E-state index in [2.05, 4.69) is 32.6 Å². The van der Waals surface area contributed by atoms with E-state index in [-0.39, 0.29) is 40.1 Å². The molecule has 3 aliphatic heterocycles. The van der Waals surface area contributed by atoms with E-state index in [0.29, 0.717) is 49.6 Å². The third kappa shape index (κ3) is 7.30. The van der Waals surface area contributed by atoms with Crippen LogP contribution in [0.5, 0.6) is 11.8 Å². The second-order valence-electron chi connectivity index (χ2n) is 17.2. The van der Waals surface area contributed by atoms with Crippen molar-refractivity contribution in [3.8, 4) is 22.9 Å². The standard InChI is InChI=1S/C42H49F4N7O4/c1-25-4-7-32-31(21-47-50-32)33(25)34-29(27-5-6-27)18-30-35(36(34)56-24-42(44,45)46)48-39(57-28-19-40(20-28)8-12-51(13-9-40)16-17-55-3)49-37(30)52-14-10-41(11-15-52)22-53(23-41)38(54)26(2)43/h4,7,18,21,27-28H,2,5-6,8-17,19-20,22-24H2,1,3H3,(H,47,50). The molecule has 9 rings (SSSR count). The van der Waals surface area contributed by atoms with Crippen molar-refractivity contribution < 1.29 is 36.6 Å². The summed E-state index contributed by atoms with van der Waals surface area (Å²) in [4.78, 5) is 28.4. The Hall–Kier alpha value is -4.50. The molecular formula is C42H49F4N7O4. The molecule has 57 heavy (non-hydrogen) atoms. The van der Waals surface area contributed by atoms with Gasteiger partial charge >= 0.3 is 12.2 Å². The average Bonchev–Trinajstić information content (AvgIpc) is 3.90. The second kappa shape index (κ2) is 14.4. The SMILES string of the molecule is C=C(F)C(=O)N1CC2(CCN(c3nc(OC4CC5(CCN(CCOC)CC5)C4)nc4c(OCC(F)(F)F)c(-c5c(C)ccc6[nH]ncc56)c(C5CC5)cc34)CC2)C1. The van der Waals surface area contributed by atoms with Gasteiger partial charge in [0.15, 0.2) is 18.2 Å². The highest BCUT2D eigenvalue weighted by Crippen LogP contribution is 2.54. The molecule has 2 spiro atoms. The summed E-state index contributed by atoms with van der Waals surface area (Å²) in [5, 5.41) is 8.71. The quantitative estimate of drug-likeness (QED) is 0.122. The first-order valence-electron chi connectivity index (χ1n) is 20.1. The lowest BCUT2D eigenvalue weighted by atomic mass is 9.61. The monoisotopic (exact) mass is 791 g/mol. The number of H-pyrrole nitrogens is 1. The highest BCUT2D eigenvalue weighted by atomic mass is 19.4. The molecule has 0 unspecified atom stereocenters. The van der Waals surface area contributed by atoms with Crippen LogP contribution in [0.3, 0.4) is 0 Å². The van der Waals surface area contributed by atoms with Gasteiger partial charge in [0.05, 0.1) is 18.3 Å². The molecule has 2 aromatic heterocycles. The maximum absolute atomic E-state index is 14.1. The zero-order chi connectivity index (χ0) is 39.7. The number of carbonyl (C=O) groups is 1. The van der Waals surface area contributed by atoms with Crippen molar-refractivity contribution in [2.45, 2.75) is 76.5 Å². The Labute approximate surface area is 328 Å². The van der Waals surface area contributed by atoms with Crippen LogP contribution in [0.4, 0.5) is 23.4 Å². The number of hydrogen-bond donors (Lipinski definition) is 1. The topological polar surface area (TPSA) is 109 Å². The average molecular weight is 792 g/mol. The molecule has 11 nitrogen and oxygen atoms in total. The number of hydrogen-bond acceptors (Lipinski definition) is 9. The number of piperidine rings is 2. The van der Waals surface area contributed by atoms with Crippen molar-refractivity contribution in [2.24, 2.45) is 10.8 Å². The largest absolute Gasteiger partial charge is 0.481 e. The Kier molecular flexibility index (Phi) is 9.61. The molecule has 0 atom stereocenters. The number of methoxy groups -OCH3 is 1. The van der Waals surface area contributed by atoms with Gasteiger partial charge in [-0.2, -0.15) is 28.2 Å². The predicted octanol–water partition coefficient (Wildman–Crippen LogP) is 7.48. The minimum absolute atomic E-state index is 0.0682. The van der Waals surface area contributed by atoms with Gasteiger partial charge in [-0.25, -0.2) is 4.39 Å².